The maximum atomic E-state index is 11.3. The fourth-order valence-electron chi connectivity index (χ4n) is 0.881. The van der Waals surface area contributed by atoms with Crippen LogP contribution in [0.1, 0.15) is 26.7 Å². The normalized spacial score (nSPS) is 13.4. The van der Waals surface area contributed by atoms with E-state index in [1.165, 1.54) is 0 Å². The maximum absolute atomic E-state index is 11.3. The molecule has 0 spiro atoms. The molecule has 0 saturated carbocycles. The molecule has 0 aliphatic heterocycles. The summed E-state index contributed by atoms with van der Waals surface area (Å²) in [6.07, 6.45) is 1.58. The third kappa shape index (κ3) is 8.74. The minimum absolute atomic E-state index is 0. The van der Waals surface area contributed by atoms with Gasteiger partial charge in [0.15, 0.2) is 0 Å². The van der Waals surface area contributed by atoms with Crippen molar-refractivity contribution in [2.75, 3.05) is 18.8 Å². The van der Waals surface area contributed by atoms with E-state index < -0.39 is 10.0 Å². The second kappa shape index (κ2) is 8.47. The van der Waals surface area contributed by atoms with E-state index in [2.05, 4.69) is 4.72 Å². The number of rotatable bonds is 7. The zero-order valence-electron chi connectivity index (χ0n) is 8.82. The summed E-state index contributed by atoms with van der Waals surface area (Å²) in [5, 5.41) is 0. The fourth-order valence-corrected chi connectivity index (χ4v) is 2.44. The molecule has 1 unspecified atom stereocenters. The highest BCUT2D eigenvalue weighted by Gasteiger charge is 2.12. The predicted octanol–water partition coefficient (Wildman–Crippen LogP) is 0.722. The van der Waals surface area contributed by atoms with Crippen molar-refractivity contribution in [3.05, 3.63) is 0 Å². The number of sulfonamides is 1. The van der Waals surface area contributed by atoms with Crippen molar-refractivity contribution < 1.29 is 8.42 Å². The van der Waals surface area contributed by atoms with E-state index in [9.17, 15) is 8.42 Å². The Morgan fingerprint density at radius 1 is 1.43 bits per heavy atom. The Labute approximate surface area is 93.1 Å². The molecule has 0 saturated heterocycles. The minimum Gasteiger partial charge on any atom is -0.330 e. The zero-order valence-corrected chi connectivity index (χ0v) is 10.5. The lowest BCUT2D eigenvalue weighted by atomic mass is 10.2. The standard InChI is InChI=1S/C8H20N2O2S.ClH/c1-3-8(2)7-13(11,12)10-6-4-5-9;/h8,10H,3-7,9H2,1-2H3;1H. The van der Waals surface area contributed by atoms with Crippen LogP contribution in [0.5, 0.6) is 0 Å². The summed E-state index contributed by atoms with van der Waals surface area (Å²) >= 11 is 0. The van der Waals surface area contributed by atoms with Crippen molar-refractivity contribution in [3.63, 3.8) is 0 Å². The Morgan fingerprint density at radius 3 is 2.43 bits per heavy atom. The molecule has 0 heterocycles. The Kier molecular flexibility index (Phi) is 10.0. The molecule has 0 radical (unpaired) electrons. The smallest absolute Gasteiger partial charge is 0.211 e. The summed E-state index contributed by atoms with van der Waals surface area (Å²) in [4.78, 5) is 0. The first kappa shape index (κ1) is 16.6. The second-order valence-electron chi connectivity index (χ2n) is 3.33. The SMILES string of the molecule is CCC(C)CS(=O)(=O)NCCCN.Cl. The van der Waals surface area contributed by atoms with Crippen molar-refractivity contribution in [2.45, 2.75) is 26.7 Å². The van der Waals surface area contributed by atoms with Crippen molar-refractivity contribution in [2.24, 2.45) is 11.7 Å². The van der Waals surface area contributed by atoms with E-state index in [1.807, 2.05) is 13.8 Å². The number of hydrogen-bond donors (Lipinski definition) is 2. The Bertz CT molecular complexity index is 219. The summed E-state index contributed by atoms with van der Waals surface area (Å²) < 4.78 is 25.2. The molecule has 14 heavy (non-hydrogen) atoms. The molecule has 4 nitrogen and oxygen atoms in total. The van der Waals surface area contributed by atoms with E-state index in [1.54, 1.807) is 0 Å². The van der Waals surface area contributed by atoms with Gasteiger partial charge in [0.25, 0.3) is 0 Å². The van der Waals surface area contributed by atoms with Crippen LogP contribution in [0, 0.1) is 5.92 Å². The summed E-state index contributed by atoms with van der Waals surface area (Å²) in [6.45, 7) is 4.89. The van der Waals surface area contributed by atoms with Gasteiger partial charge in [-0.15, -0.1) is 12.4 Å². The van der Waals surface area contributed by atoms with Crippen LogP contribution >= 0.6 is 12.4 Å². The minimum atomic E-state index is -3.07. The van der Waals surface area contributed by atoms with Crippen molar-refractivity contribution in [1.29, 1.82) is 0 Å². The third-order valence-electron chi connectivity index (χ3n) is 1.90. The average molecular weight is 245 g/mol. The number of nitrogens with one attached hydrogen (secondary N) is 1. The van der Waals surface area contributed by atoms with Crippen LogP contribution in [-0.2, 0) is 10.0 Å². The summed E-state index contributed by atoms with van der Waals surface area (Å²) in [5.41, 5.74) is 5.25. The van der Waals surface area contributed by atoms with E-state index in [4.69, 9.17) is 5.73 Å². The highest BCUT2D eigenvalue weighted by atomic mass is 35.5. The number of hydrogen-bond acceptors (Lipinski definition) is 3. The lowest BCUT2D eigenvalue weighted by molar-refractivity contribution is 0.551. The van der Waals surface area contributed by atoms with Crippen LogP contribution in [0.15, 0.2) is 0 Å². The van der Waals surface area contributed by atoms with Gasteiger partial charge in [-0.1, -0.05) is 20.3 Å². The highest BCUT2D eigenvalue weighted by molar-refractivity contribution is 7.89. The van der Waals surface area contributed by atoms with Gasteiger partial charge < -0.3 is 5.73 Å². The van der Waals surface area contributed by atoms with Crippen molar-refractivity contribution in [3.8, 4) is 0 Å². The number of nitrogens with two attached hydrogens (primary N) is 1. The van der Waals surface area contributed by atoms with Crippen molar-refractivity contribution >= 4 is 22.4 Å². The molecule has 1 atom stereocenters. The van der Waals surface area contributed by atoms with E-state index in [0.717, 1.165) is 6.42 Å². The number of halogens is 1. The molecule has 0 bridgehead atoms. The van der Waals surface area contributed by atoms with Gasteiger partial charge in [0, 0.05) is 6.54 Å². The molecule has 0 rings (SSSR count). The summed E-state index contributed by atoms with van der Waals surface area (Å²) in [6, 6.07) is 0. The van der Waals surface area contributed by atoms with Crippen LogP contribution in [0.2, 0.25) is 0 Å². The Morgan fingerprint density at radius 2 is 2.00 bits per heavy atom. The van der Waals surface area contributed by atoms with Gasteiger partial charge in [0.1, 0.15) is 0 Å². The fraction of sp³-hybridized carbons (Fsp3) is 1.00. The third-order valence-corrected chi connectivity index (χ3v) is 3.56. The molecule has 0 aromatic carbocycles. The molecule has 0 fully saturated rings. The van der Waals surface area contributed by atoms with Crippen LogP contribution in [0.3, 0.4) is 0 Å². The molecular weight excluding hydrogens is 224 g/mol. The topological polar surface area (TPSA) is 72.2 Å². The molecule has 0 aliphatic carbocycles. The van der Waals surface area contributed by atoms with Gasteiger partial charge in [-0.2, -0.15) is 0 Å². The van der Waals surface area contributed by atoms with Gasteiger partial charge in [-0.3, -0.25) is 0 Å². The first-order chi connectivity index (χ1) is 6.02. The maximum Gasteiger partial charge on any atom is 0.211 e. The van der Waals surface area contributed by atoms with Crippen LogP contribution in [0.25, 0.3) is 0 Å². The van der Waals surface area contributed by atoms with Gasteiger partial charge in [0.05, 0.1) is 5.75 Å². The molecule has 0 amide bonds. The lowest BCUT2D eigenvalue weighted by Crippen LogP contribution is -2.30. The predicted molar refractivity (Wildman–Crippen MR) is 62.2 cm³/mol. The molecule has 3 N–H and O–H groups in total. The molecule has 88 valence electrons. The molecule has 0 aliphatic rings. The molecular formula is C8H21ClN2O2S. The monoisotopic (exact) mass is 244 g/mol. The van der Waals surface area contributed by atoms with Gasteiger partial charge in [-0.25, -0.2) is 13.1 Å². The molecule has 0 aromatic heterocycles. The van der Waals surface area contributed by atoms with Gasteiger partial charge in [-0.05, 0) is 18.9 Å². The van der Waals surface area contributed by atoms with Gasteiger partial charge >= 0.3 is 0 Å². The second-order valence-corrected chi connectivity index (χ2v) is 5.18. The summed E-state index contributed by atoms with van der Waals surface area (Å²) in [5.74, 6) is 0.434. The highest BCUT2D eigenvalue weighted by Crippen LogP contribution is 2.03. The molecule has 0 aromatic rings. The zero-order chi connectivity index (χ0) is 10.3. The average Bonchev–Trinajstić information content (AvgIpc) is 2.03. The Hall–Kier alpha value is 0.160. The quantitative estimate of drug-likeness (QED) is 0.649. The van der Waals surface area contributed by atoms with E-state index >= 15 is 0 Å². The first-order valence-electron chi connectivity index (χ1n) is 4.69. The largest absolute Gasteiger partial charge is 0.330 e. The van der Waals surface area contributed by atoms with E-state index in [-0.39, 0.29) is 24.1 Å². The van der Waals surface area contributed by atoms with E-state index in [0.29, 0.717) is 19.5 Å². The molecule has 6 heteroatoms. The van der Waals surface area contributed by atoms with Gasteiger partial charge in [0.2, 0.25) is 10.0 Å². The van der Waals surface area contributed by atoms with Crippen LogP contribution < -0.4 is 10.5 Å². The Balaban J connectivity index is 0. The summed E-state index contributed by atoms with van der Waals surface area (Å²) in [7, 11) is -3.07. The lowest BCUT2D eigenvalue weighted by Gasteiger charge is -2.09. The first-order valence-corrected chi connectivity index (χ1v) is 6.34. The van der Waals surface area contributed by atoms with Crippen LogP contribution in [0.4, 0.5) is 0 Å². The van der Waals surface area contributed by atoms with Crippen LogP contribution in [-0.4, -0.2) is 27.3 Å². The van der Waals surface area contributed by atoms with Crippen molar-refractivity contribution in [1.82, 2.24) is 4.72 Å².